The quantitative estimate of drug-likeness (QED) is 0.519. The van der Waals surface area contributed by atoms with Gasteiger partial charge >= 0.3 is 6.18 Å². The Morgan fingerprint density at radius 2 is 1.74 bits per heavy atom. The predicted molar refractivity (Wildman–Crippen MR) is 102 cm³/mol. The van der Waals surface area contributed by atoms with Crippen LogP contribution >= 0.6 is 0 Å². The first-order valence-corrected chi connectivity index (χ1v) is 9.68. The molecule has 31 heavy (non-hydrogen) atoms. The number of alkyl halides is 3. The van der Waals surface area contributed by atoms with E-state index < -0.39 is 17.4 Å². The molecular formula is C22H13F3N2O4. The standard InChI is InChI=1S/C22H13F3N2O4/c23-22(24,25)19-6-13-18(31-19)8-27-14-4-2-1-3-11(14)21(20(27)26-13)9-28-15-7-17-16(5-12(15)21)29-10-30-17/h1-7H,8-10H2. The summed E-state index contributed by atoms with van der Waals surface area (Å²) >= 11 is 0. The van der Waals surface area contributed by atoms with Gasteiger partial charge in [0.1, 0.15) is 35.1 Å². The fourth-order valence-electron chi connectivity index (χ4n) is 4.92. The molecule has 0 fully saturated rings. The van der Waals surface area contributed by atoms with E-state index in [1.807, 2.05) is 35.2 Å². The molecule has 4 aliphatic heterocycles. The van der Waals surface area contributed by atoms with Crippen molar-refractivity contribution < 1.29 is 31.8 Å². The van der Waals surface area contributed by atoms with Crippen LogP contribution in [-0.2, 0) is 18.1 Å². The second-order valence-electron chi connectivity index (χ2n) is 7.85. The van der Waals surface area contributed by atoms with E-state index in [1.165, 1.54) is 0 Å². The first-order chi connectivity index (χ1) is 14.9. The number of amidine groups is 1. The highest BCUT2D eigenvalue weighted by Gasteiger charge is 2.57. The number of fused-ring (bicyclic) bond motifs is 9. The zero-order valence-corrected chi connectivity index (χ0v) is 15.8. The van der Waals surface area contributed by atoms with Crippen LogP contribution in [0.25, 0.3) is 0 Å². The highest BCUT2D eigenvalue weighted by molar-refractivity contribution is 6.16. The number of ether oxygens (including phenoxy) is 3. The molecule has 7 rings (SSSR count). The van der Waals surface area contributed by atoms with Crippen molar-refractivity contribution in [1.29, 1.82) is 0 Å². The molecule has 156 valence electrons. The van der Waals surface area contributed by atoms with Crippen molar-refractivity contribution in [2.45, 2.75) is 18.1 Å². The molecule has 5 heterocycles. The van der Waals surface area contributed by atoms with E-state index in [0.29, 0.717) is 23.1 Å². The van der Waals surface area contributed by atoms with Crippen molar-refractivity contribution in [1.82, 2.24) is 0 Å². The van der Waals surface area contributed by atoms with Gasteiger partial charge in [-0.25, -0.2) is 4.99 Å². The first-order valence-electron chi connectivity index (χ1n) is 9.68. The third-order valence-corrected chi connectivity index (χ3v) is 6.26. The number of hydrogen-bond acceptors (Lipinski definition) is 6. The Bertz CT molecular complexity index is 1310. The zero-order chi connectivity index (χ0) is 21.0. The molecule has 0 radical (unpaired) electrons. The highest BCUT2D eigenvalue weighted by atomic mass is 19.4. The SMILES string of the molecule is FC(F)(F)c1cc2c(o1)CN1C(=N2)C2(COc3cc4c(cc32)OCO4)c2ccccc21. The molecular weight excluding hydrogens is 413 g/mol. The van der Waals surface area contributed by atoms with Crippen molar-refractivity contribution in [3.63, 3.8) is 0 Å². The number of benzene rings is 2. The monoisotopic (exact) mass is 426 g/mol. The van der Waals surface area contributed by atoms with E-state index in [-0.39, 0.29) is 31.4 Å². The van der Waals surface area contributed by atoms with Gasteiger partial charge in [0.25, 0.3) is 0 Å². The molecule has 1 atom stereocenters. The van der Waals surface area contributed by atoms with Crippen LogP contribution in [0.4, 0.5) is 24.5 Å². The van der Waals surface area contributed by atoms with Crippen LogP contribution in [0, 0.1) is 0 Å². The molecule has 0 amide bonds. The molecule has 0 aliphatic carbocycles. The molecule has 1 aromatic heterocycles. The lowest BCUT2D eigenvalue weighted by molar-refractivity contribution is -0.153. The number of halogens is 3. The van der Waals surface area contributed by atoms with E-state index >= 15 is 0 Å². The molecule has 1 unspecified atom stereocenters. The molecule has 2 aromatic carbocycles. The van der Waals surface area contributed by atoms with E-state index in [4.69, 9.17) is 18.6 Å². The van der Waals surface area contributed by atoms with Crippen LogP contribution < -0.4 is 19.1 Å². The Labute approximate surface area is 173 Å². The van der Waals surface area contributed by atoms with Gasteiger partial charge in [-0.05, 0) is 17.7 Å². The third-order valence-electron chi connectivity index (χ3n) is 6.26. The third kappa shape index (κ3) is 2.05. The number of furan rings is 1. The zero-order valence-electron chi connectivity index (χ0n) is 15.8. The average Bonchev–Trinajstić information content (AvgIpc) is 3.50. The number of rotatable bonds is 0. The Morgan fingerprint density at radius 1 is 0.935 bits per heavy atom. The number of hydrogen-bond donors (Lipinski definition) is 0. The van der Waals surface area contributed by atoms with Gasteiger partial charge in [-0.2, -0.15) is 13.2 Å². The minimum Gasteiger partial charge on any atom is -0.491 e. The summed E-state index contributed by atoms with van der Waals surface area (Å²) in [6.07, 6.45) is -4.57. The molecule has 3 aromatic rings. The summed E-state index contributed by atoms with van der Waals surface area (Å²) in [5.74, 6) is 1.63. The Morgan fingerprint density at radius 3 is 2.58 bits per heavy atom. The maximum atomic E-state index is 13.2. The minimum atomic E-state index is -4.57. The van der Waals surface area contributed by atoms with E-state index in [1.54, 1.807) is 6.07 Å². The van der Waals surface area contributed by atoms with Crippen LogP contribution in [0.15, 0.2) is 51.9 Å². The van der Waals surface area contributed by atoms with Gasteiger partial charge < -0.3 is 23.5 Å². The van der Waals surface area contributed by atoms with Crippen molar-refractivity contribution in [2.75, 3.05) is 18.3 Å². The summed E-state index contributed by atoms with van der Waals surface area (Å²) in [5, 5.41) is 0. The lowest BCUT2D eigenvalue weighted by Crippen LogP contribution is -2.43. The largest absolute Gasteiger partial charge is 0.491 e. The number of para-hydroxylation sites is 1. The fraction of sp³-hybridized carbons (Fsp3) is 0.227. The van der Waals surface area contributed by atoms with Crippen molar-refractivity contribution in [2.24, 2.45) is 4.99 Å². The van der Waals surface area contributed by atoms with Gasteiger partial charge in [-0.1, -0.05) is 18.2 Å². The Kier molecular flexibility index (Phi) is 2.95. The van der Waals surface area contributed by atoms with E-state index in [2.05, 4.69) is 4.99 Å². The Hall–Kier alpha value is -3.62. The normalized spacial score (nSPS) is 22.0. The number of aliphatic imine (C=N–C) groups is 1. The smallest absolute Gasteiger partial charge is 0.449 e. The van der Waals surface area contributed by atoms with E-state index in [9.17, 15) is 13.2 Å². The summed E-state index contributed by atoms with van der Waals surface area (Å²) < 4.78 is 61.9. The summed E-state index contributed by atoms with van der Waals surface area (Å²) in [4.78, 5) is 6.59. The summed E-state index contributed by atoms with van der Waals surface area (Å²) in [5.41, 5.74) is 2.13. The topological polar surface area (TPSA) is 56.4 Å². The molecule has 0 saturated carbocycles. The molecule has 9 heteroatoms. The predicted octanol–water partition coefficient (Wildman–Crippen LogP) is 4.77. The Balaban J connectivity index is 1.48. The van der Waals surface area contributed by atoms with Crippen molar-refractivity contribution in [3.8, 4) is 17.2 Å². The summed E-state index contributed by atoms with van der Waals surface area (Å²) in [7, 11) is 0. The van der Waals surface area contributed by atoms with Crippen LogP contribution in [0.3, 0.4) is 0 Å². The molecule has 0 bridgehead atoms. The van der Waals surface area contributed by atoms with Gasteiger partial charge in [0.2, 0.25) is 12.6 Å². The first kappa shape index (κ1) is 17.1. The molecule has 0 N–H and O–H groups in total. The molecule has 6 nitrogen and oxygen atoms in total. The molecule has 4 aliphatic rings. The molecule has 0 saturated heterocycles. The fourth-order valence-corrected chi connectivity index (χ4v) is 4.92. The maximum absolute atomic E-state index is 13.2. The van der Waals surface area contributed by atoms with Crippen LogP contribution in [-0.4, -0.2) is 19.2 Å². The average molecular weight is 426 g/mol. The van der Waals surface area contributed by atoms with Crippen LogP contribution in [0.1, 0.15) is 22.6 Å². The minimum absolute atomic E-state index is 0.132. The van der Waals surface area contributed by atoms with Gasteiger partial charge in [0.05, 0.1) is 6.54 Å². The highest BCUT2D eigenvalue weighted by Crippen LogP contribution is 2.57. The maximum Gasteiger partial charge on any atom is 0.449 e. The van der Waals surface area contributed by atoms with Crippen LogP contribution in [0.2, 0.25) is 0 Å². The second kappa shape index (κ2) is 5.35. The number of nitrogens with zero attached hydrogens (tertiary/aromatic N) is 2. The summed E-state index contributed by atoms with van der Waals surface area (Å²) in [6.45, 7) is 0.563. The van der Waals surface area contributed by atoms with Crippen LogP contribution in [0.5, 0.6) is 17.2 Å². The van der Waals surface area contributed by atoms with Gasteiger partial charge in [-0.15, -0.1) is 0 Å². The van der Waals surface area contributed by atoms with Gasteiger partial charge in [-0.3, -0.25) is 0 Å². The van der Waals surface area contributed by atoms with Gasteiger partial charge in [0.15, 0.2) is 11.5 Å². The van der Waals surface area contributed by atoms with Crippen molar-refractivity contribution in [3.05, 3.63) is 65.1 Å². The van der Waals surface area contributed by atoms with E-state index in [0.717, 1.165) is 22.9 Å². The number of anilines is 1. The lowest BCUT2D eigenvalue weighted by atomic mass is 9.76. The summed E-state index contributed by atoms with van der Waals surface area (Å²) in [6, 6.07) is 12.4. The van der Waals surface area contributed by atoms with Crippen molar-refractivity contribution >= 4 is 17.2 Å². The lowest BCUT2D eigenvalue weighted by Gasteiger charge is -2.29. The molecule has 1 spiro atoms. The van der Waals surface area contributed by atoms with Gasteiger partial charge in [0, 0.05) is 23.4 Å². The second-order valence-corrected chi connectivity index (χ2v) is 7.85.